The molecular formula is C17H29ClN4O. The van der Waals surface area contributed by atoms with Gasteiger partial charge in [-0.2, -0.15) is 0 Å². The lowest BCUT2D eigenvalue weighted by atomic mass is 9.85. The molecule has 1 aliphatic rings. The van der Waals surface area contributed by atoms with Crippen LogP contribution in [0.4, 0.5) is 0 Å². The Morgan fingerprint density at radius 1 is 1.43 bits per heavy atom. The number of aromatic nitrogens is 1. The molecule has 1 saturated carbocycles. The summed E-state index contributed by atoms with van der Waals surface area (Å²) in [5.41, 5.74) is 0.494. The van der Waals surface area contributed by atoms with E-state index in [0.717, 1.165) is 48.9 Å². The standard InChI is InChI=1S/C17H29ClN4O/c1-4-19-16(20-13-17(23)8-6-5-7-9-17)22(3)12-15-10-14(18)11-21(15)2/h10-11,23H,4-9,12-13H2,1-3H3,(H,19,20). The van der Waals surface area contributed by atoms with Crippen LogP contribution in [-0.4, -0.2) is 46.3 Å². The summed E-state index contributed by atoms with van der Waals surface area (Å²) in [7, 11) is 4.00. The summed E-state index contributed by atoms with van der Waals surface area (Å²) in [6, 6.07) is 1.97. The Bertz CT molecular complexity index is 535. The monoisotopic (exact) mass is 340 g/mol. The second kappa shape index (κ2) is 8.06. The number of aliphatic imine (C=N–C) groups is 1. The van der Waals surface area contributed by atoms with Gasteiger partial charge in [-0.1, -0.05) is 30.9 Å². The van der Waals surface area contributed by atoms with Crippen molar-refractivity contribution in [2.24, 2.45) is 12.0 Å². The summed E-state index contributed by atoms with van der Waals surface area (Å²) in [5.74, 6) is 0.823. The Morgan fingerprint density at radius 3 is 2.70 bits per heavy atom. The van der Waals surface area contributed by atoms with E-state index in [4.69, 9.17) is 11.6 Å². The molecule has 1 fully saturated rings. The smallest absolute Gasteiger partial charge is 0.194 e. The lowest BCUT2D eigenvalue weighted by Gasteiger charge is -2.31. The van der Waals surface area contributed by atoms with E-state index >= 15 is 0 Å². The molecule has 6 heteroatoms. The molecule has 1 aromatic heterocycles. The topological polar surface area (TPSA) is 52.8 Å². The first-order valence-corrected chi connectivity index (χ1v) is 8.84. The van der Waals surface area contributed by atoms with Crippen molar-refractivity contribution in [2.45, 2.75) is 51.2 Å². The number of aryl methyl sites for hydroxylation is 1. The van der Waals surface area contributed by atoms with Crippen LogP contribution in [-0.2, 0) is 13.6 Å². The first-order valence-electron chi connectivity index (χ1n) is 8.46. The highest BCUT2D eigenvalue weighted by Crippen LogP contribution is 2.28. The van der Waals surface area contributed by atoms with Crippen LogP contribution in [0.15, 0.2) is 17.3 Å². The molecule has 1 heterocycles. The third-order valence-corrected chi connectivity index (χ3v) is 4.68. The molecule has 0 radical (unpaired) electrons. The molecule has 1 aliphatic carbocycles. The molecule has 0 aromatic carbocycles. The summed E-state index contributed by atoms with van der Waals surface area (Å²) in [6.45, 7) is 4.04. The van der Waals surface area contributed by atoms with Crippen LogP contribution < -0.4 is 5.32 Å². The van der Waals surface area contributed by atoms with E-state index in [9.17, 15) is 5.11 Å². The lowest BCUT2D eigenvalue weighted by molar-refractivity contribution is 0.0130. The molecule has 0 saturated heterocycles. The fraction of sp³-hybridized carbons (Fsp3) is 0.706. The van der Waals surface area contributed by atoms with E-state index in [0.29, 0.717) is 13.1 Å². The van der Waals surface area contributed by atoms with Gasteiger partial charge in [-0.25, -0.2) is 0 Å². The molecule has 130 valence electrons. The highest BCUT2D eigenvalue weighted by Gasteiger charge is 2.29. The number of guanidine groups is 1. The van der Waals surface area contributed by atoms with Gasteiger partial charge in [-0.15, -0.1) is 0 Å². The predicted molar refractivity (Wildman–Crippen MR) is 95.9 cm³/mol. The van der Waals surface area contributed by atoms with Crippen molar-refractivity contribution in [1.82, 2.24) is 14.8 Å². The molecule has 0 unspecified atom stereocenters. The highest BCUT2D eigenvalue weighted by molar-refractivity contribution is 6.30. The predicted octanol–water partition coefficient (Wildman–Crippen LogP) is 2.77. The van der Waals surface area contributed by atoms with Crippen molar-refractivity contribution in [1.29, 1.82) is 0 Å². The van der Waals surface area contributed by atoms with Crippen molar-refractivity contribution in [2.75, 3.05) is 20.1 Å². The molecule has 2 N–H and O–H groups in total. The average Bonchev–Trinajstić information content (AvgIpc) is 2.82. The summed E-state index contributed by atoms with van der Waals surface area (Å²) >= 11 is 6.05. The van der Waals surface area contributed by atoms with Gasteiger partial charge >= 0.3 is 0 Å². The lowest BCUT2D eigenvalue weighted by Crippen LogP contribution is -2.41. The van der Waals surface area contributed by atoms with Crippen LogP contribution in [0, 0.1) is 0 Å². The Balaban J connectivity index is 2.03. The number of nitrogens with zero attached hydrogens (tertiary/aromatic N) is 3. The van der Waals surface area contributed by atoms with Crippen molar-refractivity contribution < 1.29 is 5.11 Å². The number of hydrogen-bond acceptors (Lipinski definition) is 2. The van der Waals surface area contributed by atoms with E-state index in [2.05, 4.69) is 22.1 Å². The Morgan fingerprint density at radius 2 is 2.13 bits per heavy atom. The van der Waals surface area contributed by atoms with Gasteiger partial charge in [0.25, 0.3) is 0 Å². The van der Waals surface area contributed by atoms with Crippen molar-refractivity contribution in [3.05, 3.63) is 23.0 Å². The number of aliphatic hydroxyl groups is 1. The van der Waals surface area contributed by atoms with Gasteiger partial charge in [-0.05, 0) is 25.8 Å². The average molecular weight is 341 g/mol. The largest absolute Gasteiger partial charge is 0.388 e. The van der Waals surface area contributed by atoms with Crippen molar-refractivity contribution >= 4 is 17.6 Å². The van der Waals surface area contributed by atoms with Gasteiger partial charge in [0.2, 0.25) is 0 Å². The molecule has 2 rings (SSSR count). The van der Waals surface area contributed by atoms with Gasteiger partial charge in [-0.3, -0.25) is 4.99 Å². The van der Waals surface area contributed by atoms with E-state index in [1.54, 1.807) is 0 Å². The molecule has 0 spiro atoms. The van der Waals surface area contributed by atoms with Gasteiger partial charge in [0, 0.05) is 32.5 Å². The summed E-state index contributed by atoms with van der Waals surface area (Å²) in [6.07, 6.45) is 7.03. The van der Waals surface area contributed by atoms with Gasteiger partial charge in [0.05, 0.1) is 23.7 Å². The van der Waals surface area contributed by atoms with E-state index < -0.39 is 5.60 Å². The van der Waals surface area contributed by atoms with Crippen LogP contribution in [0.2, 0.25) is 5.02 Å². The first-order chi connectivity index (χ1) is 10.9. The van der Waals surface area contributed by atoms with E-state index in [1.807, 2.05) is 30.9 Å². The zero-order valence-electron chi connectivity index (χ0n) is 14.5. The van der Waals surface area contributed by atoms with Crippen LogP contribution in [0.5, 0.6) is 0 Å². The Kier molecular flexibility index (Phi) is 6.36. The molecule has 0 aliphatic heterocycles. The minimum atomic E-state index is -0.631. The van der Waals surface area contributed by atoms with E-state index in [1.165, 1.54) is 6.42 Å². The van der Waals surface area contributed by atoms with Gasteiger partial charge < -0.3 is 19.9 Å². The maximum Gasteiger partial charge on any atom is 0.194 e. The minimum absolute atomic E-state index is 0.466. The zero-order valence-corrected chi connectivity index (χ0v) is 15.2. The molecule has 0 amide bonds. The first kappa shape index (κ1) is 18.1. The maximum atomic E-state index is 10.6. The second-order valence-electron chi connectivity index (χ2n) is 6.57. The number of rotatable bonds is 5. The number of halogens is 1. The van der Waals surface area contributed by atoms with Gasteiger partial charge in [0.1, 0.15) is 0 Å². The molecule has 23 heavy (non-hydrogen) atoms. The van der Waals surface area contributed by atoms with Crippen LogP contribution in [0.3, 0.4) is 0 Å². The summed E-state index contributed by atoms with van der Waals surface area (Å²) < 4.78 is 2.02. The molecule has 0 atom stereocenters. The fourth-order valence-corrected chi connectivity index (χ4v) is 3.37. The summed E-state index contributed by atoms with van der Waals surface area (Å²) in [5, 5.41) is 14.7. The van der Waals surface area contributed by atoms with Crippen LogP contribution in [0.25, 0.3) is 0 Å². The normalized spacial score (nSPS) is 18.0. The summed E-state index contributed by atoms with van der Waals surface area (Å²) in [4.78, 5) is 6.75. The van der Waals surface area contributed by atoms with Crippen LogP contribution >= 0.6 is 11.6 Å². The third-order valence-electron chi connectivity index (χ3n) is 4.48. The highest BCUT2D eigenvalue weighted by atomic mass is 35.5. The van der Waals surface area contributed by atoms with Gasteiger partial charge in [0.15, 0.2) is 5.96 Å². The van der Waals surface area contributed by atoms with E-state index in [-0.39, 0.29) is 0 Å². The quantitative estimate of drug-likeness (QED) is 0.640. The Hall–Kier alpha value is -1.20. The number of hydrogen-bond donors (Lipinski definition) is 2. The zero-order chi connectivity index (χ0) is 16.9. The molecule has 1 aromatic rings. The molecular weight excluding hydrogens is 312 g/mol. The van der Waals surface area contributed by atoms with Crippen molar-refractivity contribution in [3.8, 4) is 0 Å². The SMILES string of the molecule is CCNC(=NCC1(O)CCCCC1)N(C)Cc1cc(Cl)cn1C. The van der Waals surface area contributed by atoms with Crippen molar-refractivity contribution in [3.63, 3.8) is 0 Å². The Labute approximate surface area is 144 Å². The maximum absolute atomic E-state index is 10.6. The second-order valence-corrected chi connectivity index (χ2v) is 7.01. The van der Waals surface area contributed by atoms with Crippen LogP contribution in [0.1, 0.15) is 44.7 Å². The molecule has 5 nitrogen and oxygen atoms in total. The fourth-order valence-electron chi connectivity index (χ4n) is 3.10. The minimum Gasteiger partial charge on any atom is -0.388 e. The number of nitrogens with one attached hydrogen (secondary N) is 1. The third kappa shape index (κ3) is 5.15. The molecule has 0 bridgehead atoms.